The van der Waals surface area contributed by atoms with Crippen LogP contribution in [0, 0.1) is 13.8 Å². The fraction of sp³-hybridized carbons (Fsp3) is 0.188. The van der Waals surface area contributed by atoms with E-state index < -0.39 is 0 Å². The molecule has 0 aromatic carbocycles. The van der Waals surface area contributed by atoms with Crippen molar-refractivity contribution in [2.24, 2.45) is 7.05 Å². The summed E-state index contributed by atoms with van der Waals surface area (Å²) in [5, 5.41) is 12.4. The van der Waals surface area contributed by atoms with Crippen molar-refractivity contribution in [1.82, 2.24) is 19.4 Å². The van der Waals surface area contributed by atoms with E-state index in [0.717, 1.165) is 25.8 Å². The van der Waals surface area contributed by atoms with Crippen LogP contribution in [0.3, 0.4) is 0 Å². The monoisotopic (exact) mass is 357 g/mol. The van der Waals surface area contributed by atoms with Gasteiger partial charge in [-0.05, 0) is 25.5 Å². The molecular formula is C16H15N5OS2. The van der Waals surface area contributed by atoms with Gasteiger partial charge in [0, 0.05) is 29.9 Å². The third-order valence-corrected chi connectivity index (χ3v) is 5.93. The summed E-state index contributed by atoms with van der Waals surface area (Å²) < 4.78 is 3.50. The molecule has 4 aromatic rings. The van der Waals surface area contributed by atoms with E-state index in [9.17, 15) is 4.79 Å². The van der Waals surface area contributed by atoms with Crippen LogP contribution < -0.4 is 5.32 Å². The van der Waals surface area contributed by atoms with Crippen molar-refractivity contribution in [2.45, 2.75) is 13.8 Å². The second kappa shape index (κ2) is 5.57. The van der Waals surface area contributed by atoms with Crippen LogP contribution in [-0.4, -0.2) is 25.3 Å². The van der Waals surface area contributed by atoms with Crippen LogP contribution in [0.2, 0.25) is 0 Å². The molecule has 4 aromatic heterocycles. The lowest BCUT2D eigenvalue weighted by atomic mass is 10.3. The second-order valence-corrected chi connectivity index (χ2v) is 7.92. The van der Waals surface area contributed by atoms with Crippen LogP contribution >= 0.6 is 22.7 Å². The Kier molecular flexibility index (Phi) is 3.50. The fourth-order valence-corrected chi connectivity index (χ4v) is 4.51. The van der Waals surface area contributed by atoms with Crippen LogP contribution in [0.1, 0.15) is 20.8 Å². The number of rotatable bonds is 3. The van der Waals surface area contributed by atoms with Crippen LogP contribution in [0.25, 0.3) is 15.3 Å². The van der Waals surface area contributed by atoms with Crippen LogP contribution in [0.15, 0.2) is 30.9 Å². The van der Waals surface area contributed by atoms with Crippen molar-refractivity contribution in [1.29, 1.82) is 0 Å². The van der Waals surface area contributed by atoms with Gasteiger partial charge in [-0.3, -0.25) is 9.48 Å². The van der Waals surface area contributed by atoms with Gasteiger partial charge in [0.2, 0.25) is 0 Å². The highest BCUT2D eigenvalue weighted by atomic mass is 32.1. The largest absolute Gasteiger partial charge is 0.313 e. The number of nitrogens with zero attached hydrogens (tertiary/aromatic N) is 4. The van der Waals surface area contributed by atoms with Gasteiger partial charge in [-0.2, -0.15) is 10.2 Å². The topological polar surface area (TPSA) is 64.2 Å². The van der Waals surface area contributed by atoms with Crippen molar-refractivity contribution in [3.05, 3.63) is 46.9 Å². The molecule has 0 aliphatic carbocycles. The summed E-state index contributed by atoms with van der Waals surface area (Å²) in [4.78, 5) is 15.7. The summed E-state index contributed by atoms with van der Waals surface area (Å²) in [7, 11) is 1.88. The maximum atomic E-state index is 12.6. The molecular weight excluding hydrogens is 342 g/mol. The summed E-state index contributed by atoms with van der Waals surface area (Å²) in [6.45, 7) is 4.03. The SMILES string of the molecule is Cc1cc(C)c(NC(=O)c2cnn3cc(-c4cnn(C)c4)sc23)s1. The third-order valence-electron chi connectivity index (χ3n) is 3.70. The first kappa shape index (κ1) is 15.1. The van der Waals surface area contributed by atoms with Gasteiger partial charge in [0.05, 0.1) is 27.8 Å². The van der Waals surface area contributed by atoms with Crippen molar-refractivity contribution >= 4 is 38.4 Å². The molecule has 0 fully saturated rings. The number of amides is 1. The molecule has 0 saturated carbocycles. The van der Waals surface area contributed by atoms with Crippen molar-refractivity contribution in [2.75, 3.05) is 5.32 Å². The molecule has 0 spiro atoms. The van der Waals surface area contributed by atoms with E-state index in [1.54, 1.807) is 26.7 Å². The first-order valence-electron chi connectivity index (χ1n) is 7.36. The number of aromatic nitrogens is 4. The van der Waals surface area contributed by atoms with Gasteiger partial charge < -0.3 is 5.32 Å². The van der Waals surface area contributed by atoms with Gasteiger partial charge in [0.15, 0.2) is 0 Å². The number of carbonyl (C=O) groups excluding carboxylic acids is 1. The Morgan fingerprint density at radius 2 is 2.00 bits per heavy atom. The summed E-state index contributed by atoms with van der Waals surface area (Å²) >= 11 is 3.12. The molecule has 24 heavy (non-hydrogen) atoms. The zero-order valence-electron chi connectivity index (χ0n) is 13.4. The van der Waals surface area contributed by atoms with E-state index in [0.29, 0.717) is 5.56 Å². The average molecular weight is 357 g/mol. The predicted molar refractivity (Wildman–Crippen MR) is 97.0 cm³/mol. The Morgan fingerprint density at radius 3 is 2.67 bits per heavy atom. The molecule has 4 heterocycles. The summed E-state index contributed by atoms with van der Waals surface area (Å²) in [6, 6.07) is 2.07. The lowest BCUT2D eigenvalue weighted by Gasteiger charge is -2.01. The Bertz CT molecular complexity index is 1050. The molecule has 0 radical (unpaired) electrons. The minimum Gasteiger partial charge on any atom is -0.313 e. The molecule has 0 bridgehead atoms. The quantitative estimate of drug-likeness (QED) is 0.608. The number of aryl methyl sites for hydroxylation is 3. The number of thiazole rings is 1. The van der Waals surface area contributed by atoms with Crippen molar-refractivity contribution < 1.29 is 4.79 Å². The summed E-state index contributed by atoms with van der Waals surface area (Å²) in [5.41, 5.74) is 2.68. The minimum absolute atomic E-state index is 0.130. The smallest absolute Gasteiger partial charge is 0.260 e. The molecule has 6 nitrogen and oxygen atoms in total. The van der Waals surface area contributed by atoms with E-state index in [1.807, 2.05) is 39.5 Å². The Labute approximate surface area is 146 Å². The Hall–Kier alpha value is -2.45. The molecule has 0 saturated heterocycles. The third kappa shape index (κ3) is 2.53. The number of nitrogens with one attached hydrogen (secondary N) is 1. The van der Waals surface area contributed by atoms with Crippen molar-refractivity contribution in [3.8, 4) is 10.4 Å². The first-order chi connectivity index (χ1) is 11.5. The molecule has 1 N–H and O–H groups in total. The number of carbonyl (C=O) groups is 1. The second-order valence-electron chi connectivity index (χ2n) is 5.63. The molecule has 4 rings (SSSR count). The minimum atomic E-state index is -0.130. The number of fused-ring (bicyclic) bond motifs is 1. The first-order valence-corrected chi connectivity index (χ1v) is 8.99. The van der Waals surface area contributed by atoms with Crippen molar-refractivity contribution in [3.63, 3.8) is 0 Å². The normalized spacial score (nSPS) is 11.3. The highest BCUT2D eigenvalue weighted by Gasteiger charge is 2.18. The van der Waals surface area contributed by atoms with Gasteiger partial charge in [0.1, 0.15) is 4.83 Å². The van der Waals surface area contributed by atoms with Crippen LogP contribution in [0.5, 0.6) is 0 Å². The lowest BCUT2D eigenvalue weighted by Crippen LogP contribution is -2.10. The predicted octanol–water partition coefficient (Wildman–Crippen LogP) is 3.73. The molecule has 8 heteroatoms. The molecule has 0 unspecified atom stereocenters. The van der Waals surface area contributed by atoms with E-state index in [2.05, 4.69) is 21.6 Å². The summed E-state index contributed by atoms with van der Waals surface area (Å²) in [5.74, 6) is -0.130. The fourth-order valence-electron chi connectivity index (χ4n) is 2.56. The van der Waals surface area contributed by atoms with Gasteiger partial charge in [-0.1, -0.05) is 0 Å². The number of thiophene rings is 1. The van der Waals surface area contributed by atoms with E-state index in [-0.39, 0.29) is 5.91 Å². The maximum Gasteiger partial charge on any atom is 0.260 e. The Balaban J connectivity index is 1.68. The van der Waals surface area contributed by atoms with Gasteiger partial charge in [-0.25, -0.2) is 4.52 Å². The number of hydrogen-bond donors (Lipinski definition) is 1. The van der Waals surface area contributed by atoms with Gasteiger partial charge in [-0.15, -0.1) is 22.7 Å². The zero-order chi connectivity index (χ0) is 16.8. The molecule has 122 valence electrons. The van der Waals surface area contributed by atoms with E-state index in [4.69, 9.17) is 0 Å². The standard InChI is InChI=1S/C16H15N5OS2/c1-9-4-10(2)23-15(9)19-14(22)12-6-18-21-8-13(24-16(12)21)11-5-17-20(3)7-11/h4-8H,1-3H3,(H,19,22). The number of hydrogen-bond acceptors (Lipinski definition) is 5. The maximum absolute atomic E-state index is 12.6. The van der Waals surface area contributed by atoms with Gasteiger partial charge >= 0.3 is 0 Å². The lowest BCUT2D eigenvalue weighted by molar-refractivity contribution is 0.102. The van der Waals surface area contributed by atoms with Crippen LogP contribution in [-0.2, 0) is 7.05 Å². The highest BCUT2D eigenvalue weighted by molar-refractivity contribution is 7.21. The zero-order valence-corrected chi connectivity index (χ0v) is 15.0. The average Bonchev–Trinajstić information content (AvgIpc) is 3.23. The molecule has 1 amide bonds. The summed E-state index contributed by atoms with van der Waals surface area (Å²) in [6.07, 6.45) is 7.30. The highest BCUT2D eigenvalue weighted by Crippen LogP contribution is 2.31. The van der Waals surface area contributed by atoms with Gasteiger partial charge in [0.25, 0.3) is 5.91 Å². The number of anilines is 1. The molecule has 0 aliphatic heterocycles. The van der Waals surface area contributed by atoms with E-state index >= 15 is 0 Å². The van der Waals surface area contributed by atoms with E-state index in [1.165, 1.54) is 16.2 Å². The van der Waals surface area contributed by atoms with Crippen LogP contribution in [0.4, 0.5) is 5.00 Å². The molecule has 0 atom stereocenters. The Morgan fingerprint density at radius 1 is 1.17 bits per heavy atom. The molecule has 0 aliphatic rings.